The van der Waals surface area contributed by atoms with Crippen molar-refractivity contribution in [2.75, 3.05) is 7.05 Å². The molecule has 2 heterocycles. The van der Waals surface area contributed by atoms with Crippen LogP contribution < -0.4 is 10.7 Å². The van der Waals surface area contributed by atoms with E-state index >= 15 is 0 Å². The summed E-state index contributed by atoms with van der Waals surface area (Å²) < 4.78 is 46.3. The summed E-state index contributed by atoms with van der Waals surface area (Å²) in [5.41, 5.74) is -1.55. The fraction of sp³-hybridized carbons (Fsp3) is 0.333. The fourth-order valence-corrected chi connectivity index (χ4v) is 2.65. The van der Waals surface area contributed by atoms with Crippen LogP contribution in [0.3, 0.4) is 0 Å². The van der Waals surface area contributed by atoms with E-state index in [4.69, 9.17) is 4.52 Å². The number of benzene rings is 1. The van der Waals surface area contributed by atoms with Gasteiger partial charge < -0.3 is 9.84 Å². The molecule has 0 aliphatic rings. The Morgan fingerprint density at radius 2 is 2.00 bits per heavy atom. The van der Waals surface area contributed by atoms with Gasteiger partial charge in [0.15, 0.2) is 11.5 Å². The number of likely N-dealkylation sites (N-methyl/N-ethyl adjacent to an activating group) is 1. The molecule has 0 amide bonds. The predicted molar refractivity (Wildman–Crippen MR) is 95.1 cm³/mol. The van der Waals surface area contributed by atoms with Crippen molar-refractivity contribution >= 4 is 0 Å². The van der Waals surface area contributed by atoms with E-state index < -0.39 is 17.2 Å². The van der Waals surface area contributed by atoms with Gasteiger partial charge in [-0.3, -0.25) is 4.79 Å². The lowest BCUT2D eigenvalue weighted by atomic mass is 10.1. The van der Waals surface area contributed by atoms with Gasteiger partial charge in [-0.2, -0.15) is 23.3 Å². The average molecular weight is 393 g/mol. The summed E-state index contributed by atoms with van der Waals surface area (Å²) in [4.78, 5) is 16.5. The highest BCUT2D eigenvalue weighted by Gasteiger charge is 2.34. The molecule has 7 nitrogen and oxygen atoms in total. The number of hydrogen-bond donors (Lipinski definition) is 1. The molecule has 1 N–H and O–H groups in total. The fourth-order valence-electron chi connectivity index (χ4n) is 2.65. The van der Waals surface area contributed by atoms with Crippen LogP contribution >= 0.6 is 0 Å². The Balaban J connectivity index is 2.10. The molecular formula is C18H18F3N5O2. The summed E-state index contributed by atoms with van der Waals surface area (Å²) in [7, 11) is 1.78. The minimum absolute atomic E-state index is 0.0757. The molecule has 3 rings (SSSR count). The third kappa shape index (κ3) is 3.96. The third-order valence-corrected chi connectivity index (χ3v) is 4.20. The van der Waals surface area contributed by atoms with Crippen LogP contribution in [0.25, 0.3) is 17.3 Å². The molecular weight excluding hydrogens is 375 g/mol. The monoisotopic (exact) mass is 393 g/mol. The predicted octanol–water partition coefficient (Wildman–Crippen LogP) is 2.76. The molecule has 10 heteroatoms. The zero-order valence-corrected chi connectivity index (χ0v) is 15.4. The number of para-hydroxylation sites is 1. The van der Waals surface area contributed by atoms with Crippen LogP contribution in [0, 0.1) is 6.92 Å². The van der Waals surface area contributed by atoms with E-state index in [0.29, 0.717) is 12.2 Å². The molecule has 1 aromatic carbocycles. The van der Waals surface area contributed by atoms with Crippen LogP contribution in [0.4, 0.5) is 13.2 Å². The van der Waals surface area contributed by atoms with Crippen molar-refractivity contribution in [3.8, 4) is 17.3 Å². The Morgan fingerprint density at radius 3 is 2.68 bits per heavy atom. The Kier molecular flexibility index (Phi) is 5.32. The minimum Gasteiger partial charge on any atom is -0.332 e. The number of halogens is 3. The smallest absolute Gasteiger partial charge is 0.332 e. The van der Waals surface area contributed by atoms with Crippen LogP contribution in [0.15, 0.2) is 39.6 Å². The SMILES string of the molecule is CNC(C)Cc1noc(-c2nn(-c3ccccc3C(F)(F)F)c(C)cc2=O)n1. The zero-order chi connectivity index (χ0) is 20.5. The average Bonchev–Trinajstić information content (AvgIpc) is 3.09. The van der Waals surface area contributed by atoms with Crippen LogP contribution in [-0.4, -0.2) is 33.0 Å². The van der Waals surface area contributed by atoms with Crippen LogP contribution in [0.1, 0.15) is 24.0 Å². The first-order valence-corrected chi connectivity index (χ1v) is 8.48. The first-order chi connectivity index (χ1) is 13.2. The van der Waals surface area contributed by atoms with Gasteiger partial charge in [0, 0.05) is 24.2 Å². The highest BCUT2D eigenvalue weighted by molar-refractivity contribution is 5.49. The third-order valence-electron chi connectivity index (χ3n) is 4.20. The molecule has 0 aliphatic heterocycles. The number of rotatable bonds is 5. The lowest BCUT2D eigenvalue weighted by molar-refractivity contribution is -0.137. The Bertz CT molecular complexity index is 1040. The first-order valence-electron chi connectivity index (χ1n) is 8.48. The van der Waals surface area contributed by atoms with Gasteiger partial charge >= 0.3 is 6.18 Å². The number of aryl methyl sites for hydroxylation is 1. The second-order valence-corrected chi connectivity index (χ2v) is 6.33. The van der Waals surface area contributed by atoms with Crippen molar-refractivity contribution in [2.24, 2.45) is 0 Å². The molecule has 0 spiro atoms. The highest BCUT2D eigenvalue weighted by atomic mass is 19.4. The Morgan fingerprint density at radius 1 is 1.29 bits per heavy atom. The summed E-state index contributed by atoms with van der Waals surface area (Å²) in [6.07, 6.45) is -4.12. The van der Waals surface area contributed by atoms with Crippen LogP contribution in [0.5, 0.6) is 0 Å². The van der Waals surface area contributed by atoms with Crippen molar-refractivity contribution < 1.29 is 17.7 Å². The molecule has 0 bridgehead atoms. The molecule has 3 aromatic rings. The zero-order valence-electron chi connectivity index (χ0n) is 15.4. The topological polar surface area (TPSA) is 85.8 Å². The number of nitrogens with zero attached hydrogens (tertiary/aromatic N) is 4. The van der Waals surface area contributed by atoms with Gasteiger partial charge in [-0.15, -0.1) is 0 Å². The van der Waals surface area contributed by atoms with Gasteiger partial charge in [0.1, 0.15) is 0 Å². The lowest BCUT2D eigenvalue weighted by Crippen LogP contribution is -2.24. The number of alkyl halides is 3. The standard InChI is InChI=1S/C18H18F3N5O2/c1-10(22-3)8-15-23-17(28-25-15)16-14(27)9-11(2)26(24-16)13-7-5-4-6-12(13)18(19,20)21/h4-7,9-10,22H,8H2,1-3H3. The Hall–Kier alpha value is -3.01. The van der Waals surface area contributed by atoms with Crippen LogP contribution in [0.2, 0.25) is 0 Å². The van der Waals surface area contributed by atoms with E-state index in [1.54, 1.807) is 7.05 Å². The van der Waals surface area contributed by atoms with E-state index in [1.165, 1.54) is 31.2 Å². The van der Waals surface area contributed by atoms with E-state index in [0.717, 1.165) is 10.7 Å². The van der Waals surface area contributed by atoms with Crippen molar-refractivity contribution in [2.45, 2.75) is 32.5 Å². The molecule has 1 atom stereocenters. The summed E-state index contributed by atoms with van der Waals surface area (Å²) in [5, 5.41) is 10.9. The largest absolute Gasteiger partial charge is 0.418 e. The molecule has 28 heavy (non-hydrogen) atoms. The first kappa shape index (κ1) is 19.7. The number of hydrogen-bond acceptors (Lipinski definition) is 6. The van der Waals surface area contributed by atoms with Crippen molar-refractivity contribution in [1.82, 2.24) is 25.2 Å². The minimum atomic E-state index is -4.57. The Labute approximate surface area is 158 Å². The summed E-state index contributed by atoms with van der Waals surface area (Å²) >= 11 is 0. The molecule has 148 valence electrons. The molecule has 0 saturated heterocycles. The van der Waals surface area contributed by atoms with Gasteiger partial charge in [-0.1, -0.05) is 17.3 Å². The quantitative estimate of drug-likeness (QED) is 0.718. The summed E-state index contributed by atoms with van der Waals surface area (Å²) in [6, 6.07) is 6.26. The lowest BCUT2D eigenvalue weighted by Gasteiger charge is -2.16. The van der Waals surface area contributed by atoms with E-state index in [9.17, 15) is 18.0 Å². The maximum Gasteiger partial charge on any atom is 0.418 e. The maximum atomic E-state index is 13.4. The van der Waals surface area contributed by atoms with Gasteiger partial charge in [0.05, 0.1) is 11.3 Å². The maximum absolute atomic E-state index is 13.4. The number of nitrogens with one attached hydrogen (secondary N) is 1. The van der Waals surface area contributed by atoms with Gasteiger partial charge in [-0.25, -0.2) is 4.68 Å². The second-order valence-electron chi connectivity index (χ2n) is 6.33. The normalized spacial score (nSPS) is 12.9. The second kappa shape index (κ2) is 7.55. The van der Waals surface area contributed by atoms with Gasteiger partial charge in [0.25, 0.3) is 5.89 Å². The van der Waals surface area contributed by atoms with E-state index in [2.05, 4.69) is 20.6 Å². The molecule has 0 saturated carbocycles. The van der Waals surface area contributed by atoms with Crippen LogP contribution in [-0.2, 0) is 12.6 Å². The molecule has 1 unspecified atom stereocenters. The molecule has 0 fully saturated rings. The summed E-state index contributed by atoms with van der Waals surface area (Å²) in [5.74, 6) is 0.224. The molecule has 0 radical (unpaired) electrons. The molecule has 2 aromatic heterocycles. The van der Waals surface area contributed by atoms with Crippen molar-refractivity contribution in [1.29, 1.82) is 0 Å². The van der Waals surface area contributed by atoms with Gasteiger partial charge in [-0.05, 0) is 33.0 Å². The van der Waals surface area contributed by atoms with Crippen molar-refractivity contribution in [3.63, 3.8) is 0 Å². The highest BCUT2D eigenvalue weighted by Crippen LogP contribution is 2.33. The van der Waals surface area contributed by atoms with E-state index in [1.807, 2.05) is 6.92 Å². The summed E-state index contributed by atoms with van der Waals surface area (Å²) in [6.45, 7) is 3.42. The van der Waals surface area contributed by atoms with Gasteiger partial charge in [0.2, 0.25) is 5.43 Å². The molecule has 0 aliphatic carbocycles. The number of aromatic nitrogens is 4. The van der Waals surface area contributed by atoms with Crippen molar-refractivity contribution in [3.05, 3.63) is 57.6 Å². The van der Waals surface area contributed by atoms with E-state index in [-0.39, 0.29) is 29.0 Å².